The topological polar surface area (TPSA) is 56.0 Å². The molecule has 0 aromatic heterocycles. The van der Waals surface area contributed by atoms with Crippen LogP contribution in [0.5, 0.6) is 0 Å². The molecular weight excluding hydrogens is 292 g/mol. The largest absolute Gasteiger partial charge is 0.391 e. The van der Waals surface area contributed by atoms with Crippen molar-refractivity contribution in [1.29, 1.82) is 5.26 Å². The molecule has 1 unspecified atom stereocenters. The maximum atomic E-state index is 9.89. The number of hydrogen-bond acceptors (Lipinski definition) is 3. The Kier molecular flexibility index (Phi) is 5.18. The Morgan fingerprint density at radius 3 is 2.61 bits per heavy atom. The molecule has 98 valence electrons. The van der Waals surface area contributed by atoms with E-state index in [9.17, 15) is 5.11 Å². The highest BCUT2D eigenvalue weighted by atomic mass is 79.9. The zero-order chi connectivity index (χ0) is 13.8. The van der Waals surface area contributed by atoms with Gasteiger partial charge in [0.1, 0.15) is 6.07 Å². The molecule has 18 heavy (non-hydrogen) atoms. The van der Waals surface area contributed by atoms with Crippen molar-refractivity contribution in [2.75, 3.05) is 11.9 Å². The minimum atomic E-state index is -0.376. The van der Waals surface area contributed by atoms with E-state index in [4.69, 9.17) is 5.26 Å². The van der Waals surface area contributed by atoms with Crippen LogP contribution in [0.2, 0.25) is 0 Å². The summed E-state index contributed by atoms with van der Waals surface area (Å²) in [5.41, 5.74) is 1.62. The molecule has 1 aromatic rings. The minimum absolute atomic E-state index is 0.117. The van der Waals surface area contributed by atoms with Gasteiger partial charge >= 0.3 is 0 Å². The van der Waals surface area contributed by atoms with Crippen molar-refractivity contribution in [3.8, 4) is 6.07 Å². The summed E-state index contributed by atoms with van der Waals surface area (Å²) < 4.78 is 0.764. The zero-order valence-electron chi connectivity index (χ0n) is 11.0. The van der Waals surface area contributed by atoms with E-state index >= 15 is 0 Å². The monoisotopic (exact) mass is 310 g/mol. The molecule has 0 bridgehead atoms. The fraction of sp³-hybridized carbons (Fsp3) is 0.500. The molecule has 0 fully saturated rings. The van der Waals surface area contributed by atoms with Crippen LogP contribution in [-0.4, -0.2) is 17.8 Å². The summed E-state index contributed by atoms with van der Waals surface area (Å²) in [6, 6.07) is 7.54. The van der Waals surface area contributed by atoms with E-state index < -0.39 is 0 Å². The van der Waals surface area contributed by atoms with Crippen LogP contribution in [-0.2, 0) is 0 Å². The SMILES string of the molecule is CC(C)(C)CC(O)CNc1ccc(C#N)c(Br)c1. The number of aliphatic hydroxyl groups excluding tert-OH is 1. The molecule has 0 aliphatic heterocycles. The first-order valence-electron chi connectivity index (χ1n) is 5.93. The van der Waals surface area contributed by atoms with E-state index in [0.717, 1.165) is 16.6 Å². The lowest BCUT2D eigenvalue weighted by Gasteiger charge is -2.22. The molecule has 0 saturated heterocycles. The molecule has 0 radical (unpaired) electrons. The number of nitrogens with one attached hydrogen (secondary N) is 1. The van der Waals surface area contributed by atoms with Gasteiger partial charge in [-0.05, 0) is 46.0 Å². The average Bonchev–Trinajstić information content (AvgIpc) is 2.24. The first kappa shape index (κ1) is 15.0. The van der Waals surface area contributed by atoms with Gasteiger partial charge in [-0.15, -0.1) is 0 Å². The van der Waals surface area contributed by atoms with E-state index in [1.165, 1.54) is 0 Å². The van der Waals surface area contributed by atoms with Crippen LogP contribution in [0.4, 0.5) is 5.69 Å². The Bertz CT molecular complexity index is 446. The quantitative estimate of drug-likeness (QED) is 0.894. The van der Waals surface area contributed by atoms with E-state index in [2.05, 4.69) is 48.1 Å². The van der Waals surface area contributed by atoms with E-state index in [1.807, 2.05) is 12.1 Å². The molecule has 4 heteroatoms. The normalized spacial score (nSPS) is 12.9. The Balaban J connectivity index is 2.54. The molecule has 0 saturated carbocycles. The summed E-state index contributed by atoms with van der Waals surface area (Å²) in [5.74, 6) is 0. The highest BCUT2D eigenvalue weighted by Gasteiger charge is 2.16. The highest BCUT2D eigenvalue weighted by Crippen LogP contribution is 2.23. The first-order valence-corrected chi connectivity index (χ1v) is 6.73. The van der Waals surface area contributed by atoms with E-state index in [1.54, 1.807) is 6.07 Å². The molecule has 2 N–H and O–H groups in total. The van der Waals surface area contributed by atoms with Crippen molar-refractivity contribution in [3.05, 3.63) is 28.2 Å². The van der Waals surface area contributed by atoms with Crippen LogP contribution >= 0.6 is 15.9 Å². The molecule has 1 rings (SSSR count). The van der Waals surface area contributed by atoms with Gasteiger partial charge in [0.25, 0.3) is 0 Å². The van der Waals surface area contributed by atoms with E-state index in [0.29, 0.717) is 12.1 Å². The van der Waals surface area contributed by atoms with Crippen molar-refractivity contribution >= 4 is 21.6 Å². The summed E-state index contributed by atoms with van der Waals surface area (Å²) in [5, 5.41) is 21.9. The van der Waals surface area contributed by atoms with Crippen molar-refractivity contribution in [3.63, 3.8) is 0 Å². The Morgan fingerprint density at radius 1 is 1.44 bits per heavy atom. The standard InChI is InChI=1S/C14H19BrN2O/c1-14(2,3)7-12(18)9-17-11-5-4-10(8-16)13(15)6-11/h4-6,12,17-18H,7,9H2,1-3H3. The molecule has 1 aromatic carbocycles. The van der Waals surface area contributed by atoms with Crippen molar-refractivity contribution < 1.29 is 5.11 Å². The average molecular weight is 311 g/mol. The lowest BCUT2D eigenvalue weighted by molar-refractivity contribution is 0.132. The van der Waals surface area contributed by atoms with Gasteiger partial charge in [-0.25, -0.2) is 0 Å². The number of aliphatic hydroxyl groups is 1. The Morgan fingerprint density at radius 2 is 2.11 bits per heavy atom. The fourth-order valence-corrected chi connectivity index (χ4v) is 2.20. The van der Waals surface area contributed by atoms with Gasteiger partial charge in [-0.2, -0.15) is 5.26 Å². The number of hydrogen-bond donors (Lipinski definition) is 2. The second kappa shape index (κ2) is 6.21. The lowest BCUT2D eigenvalue weighted by Crippen LogP contribution is -2.25. The molecule has 0 spiro atoms. The zero-order valence-corrected chi connectivity index (χ0v) is 12.6. The smallest absolute Gasteiger partial charge is 0.100 e. The summed E-state index contributed by atoms with van der Waals surface area (Å²) in [6.45, 7) is 6.83. The first-order chi connectivity index (χ1) is 8.31. The maximum Gasteiger partial charge on any atom is 0.100 e. The third-order valence-electron chi connectivity index (χ3n) is 2.48. The molecule has 3 nitrogen and oxygen atoms in total. The van der Waals surface area contributed by atoms with Gasteiger partial charge in [0, 0.05) is 16.7 Å². The number of nitrogens with zero attached hydrogens (tertiary/aromatic N) is 1. The predicted octanol–water partition coefficient (Wildman–Crippen LogP) is 3.53. The van der Waals surface area contributed by atoms with Crippen molar-refractivity contribution in [1.82, 2.24) is 0 Å². The summed E-state index contributed by atoms with van der Waals surface area (Å²) in [4.78, 5) is 0. The van der Waals surface area contributed by atoms with Crippen molar-refractivity contribution in [2.24, 2.45) is 5.41 Å². The fourth-order valence-electron chi connectivity index (χ4n) is 1.73. The number of halogens is 1. The van der Waals surface area contributed by atoms with Crippen LogP contribution in [0.15, 0.2) is 22.7 Å². The number of benzene rings is 1. The van der Waals surface area contributed by atoms with Gasteiger partial charge in [-0.3, -0.25) is 0 Å². The predicted molar refractivity (Wildman–Crippen MR) is 77.4 cm³/mol. The Hall–Kier alpha value is -1.05. The summed E-state index contributed by atoms with van der Waals surface area (Å²) in [7, 11) is 0. The third-order valence-corrected chi connectivity index (χ3v) is 3.14. The van der Waals surface area contributed by atoms with Crippen LogP contribution in [0, 0.1) is 16.7 Å². The second-order valence-electron chi connectivity index (χ2n) is 5.61. The lowest BCUT2D eigenvalue weighted by atomic mass is 9.89. The molecule has 1 atom stereocenters. The van der Waals surface area contributed by atoms with E-state index in [-0.39, 0.29) is 11.5 Å². The summed E-state index contributed by atoms with van der Waals surface area (Å²) in [6.07, 6.45) is 0.372. The van der Waals surface area contributed by atoms with Gasteiger partial charge in [-0.1, -0.05) is 20.8 Å². The summed E-state index contributed by atoms with van der Waals surface area (Å²) >= 11 is 3.34. The highest BCUT2D eigenvalue weighted by molar-refractivity contribution is 9.10. The minimum Gasteiger partial charge on any atom is -0.391 e. The van der Waals surface area contributed by atoms with Crippen LogP contribution in [0.25, 0.3) is 0 Å². The Labute approximate surface area is 117 Å². The molecule has 0 heterocycles. The van der Waals surface area contributed by atoms with Crippen molar-refractivity contribution in [2.45, 2.75) is 33.3 Å². The van der Waals surface area contributed by atoms with Crippen LogP contribution in [0.1, 0.15) is 32.8 Å². The van der Waals surface area contributed by atoms with Crippen LogP contribution < -0.4 is 5.32 Å². The number of nitriles is 1. The maximum absolute atomic E-state index is 9.89. The van der Waals surface area contributed by atoms with Gasteiger partial charge < -0.3 is 10.4 Å². The van der Waals surface area contributed by atoms with Gasteiger partial charge in [0.2, 0.25) is 0 Å². The molecule has 0 aliphatic rings. The third kappa shape index (κ3) is 5.07. The molecule has 0 amide bonds. The number of rotatable bonds is 4. The van der Waals surface area contributed by atoms with Crippen LogP contribution in [0.3, 0.4) is 0 Å². The van der Waals surface area contributed by atoms with Gasteiger partial charge in [0.05, 0.1) is 11.7 Å². The number of anilines is 1. The molecular formula is C14H19BrN2O. The molecule has 0 aliphatic carbocycles. The second-order valence-corrected chi connectivity index (χ2v) is 6.46. The van der Waals surface area contributed by atoms with Gasteiger partial charge in [0.15, 0.2) is 0 Å².